The summed E-state index contributed by atoms with van der Waals surface area (Å²) in [6.45, 7) is 12.5. The maximum absolute atomic E-state index is 15.1. The van der Waals surface area contributed by atoms with E-state index in [-0.39, 0.29) is 17.8 Å². The third kappa shape index (κ3) is 3.77. The van der Waals surface area contributed by atoms with Crippen LogP contribution in [-0.2, 0) is 4.57 Å². The molecule has 3 nitrogen and oxygen atoms in total. The van der Waals surface area contributed by atoms with Gasteiger partial charge < -0.3 is 4.57 Å². The molecule has 5 rings (SSSR count). The standard InChI is InChI=1S/C29H29O3PS3/c1-15(2)18-13-19(16(3)4)25(20(14-18)17(5)6)33(32)28(30)23-24(29(33)31)27(22-10-8-12-35-22)36-26(23)21-9-7-11-34-21/h7-17H,1-6H3. The lowest BCUT2D eigenvalue weighted by Gasteiger charge is -2.25. The lowest BCUT2D eigenvalue weighted by molar-refractivity contribution is 0.106. The first-order chi connectivity index (χ1) is 17.1. The largest absolute Gasteiger partial charge is 0.302 e. The molecule has 0 saturated carbocycles. The normalized spacial score (nSPS) is 15.0. The summed E-state index contributed by atoms with van der Waals surface area (Å²) in [4.78, 5) is 32.0. The van der Waals surface area contributed by atoms with Gasteiger partial charge in [-0.25, -0.2) is 0 Å². The fourth-order valence-corrected chi connectivity index (χ4v) is 11.1. The highest BCUT2D eigenvalue weighted by Crippen LogP contribution is 2.64. The summed E-state index contributed by atoms with van der Waals surface area (Å²) in [7, 11) is -4.09. The molecule has 1 aliphatic heterocycles. The van der Waals surface area contributed by atoms with E-state index in [4.69, 9.17) is 0 Å². The highest BCUT2D eigenvalue weighted by atomic mass is 32.1. The monoisotopic (exact) mass is 552 g/mol. The minimum Gasteiger partial charge on any atom is -0.302 e. The van der Waals surface area contributed by atoms with Crippen molar-refractivity contribution in [1.82, 2.24) is 0 Å². The third-order valence-electron chi connectivity index (χ3n) is 6.81. The minimum absolute atomic E-state index is 0.0222. The van der Waals surface area contributed by atoms with Crippen molar-refractivity contribution in [1.29, 1.82) is 0 Å². The van der Waals surface area contributed by atoms with Gasteiger partial charge in [0.15, 0.2) is 0 Å². The Kier molecular flexibility index (Phi) is 6.61. The topological polar surface area (TPSA) is 51.2 Å². The molecular weight excluding hydrogens is 523 g/mol. The molecule has 7 heteroatoms. The summed E-state index contributed by atoms with van der Waals surface area (Å²) < 4.78 is 15.1. The van der Waals surface area contributed by atoms with Gasteiger partial charge >= 0.3 is 0 Å². The number of hydrogen-bond acceptors (Lipinski definition) is 6. The molecule has 186 valence electrons. The molecular formula is C29H29O3PS3. The molecule has 0 spiro atoms. The molecule has 0 saturated heterocycles. The van der Waals surface area contributed by atoms with Gasteiger partial charge in [-0.3, -0.25) is 9.59 Å². The van der Waals surface area contributed by atoms with E-state index in [0.29, 0.717) is 16.4 Å². The van der Waals surface area contributed by atoms with Crippen molar-refractivity contribution in [2.45, 2.75) is 59.3 Å². The van der Waals surface area contributed by atoms with E-state index in [1.165, 1.54) is 34.0 Å². The number of hydrogen-bond donors (Lipinski definition) is 0. The number of thiophene rings is 3. The van der Waals surface area contributed by atoms with E-state index >= 15 is 4.57 Å². The van der Waals surface area contributed by atoms with Crippen LogP contribution in [0.25, 0.3) is 19.5 Å². The maximum atomic E-state index is 15.1. The maximum Gasteiger partial charge on any atom is 0.249 e. The van der Waals surface area contributed by atoms with Crippen molar-refractivity contribution < 1.29 is 14.2 Å². The second-order valence-electron chi connectivity index (χ2n) is 10.2. The fourth-order valence-electron chi connectivity index (χ4n) is 4.89. The Bertz CT molecular complexity index is 1420. The van der Waals surface area contributed by atoms with Crippen molar-refractivity contribution in [2.75, 3.05) is 0 Å². The summed E-state index contributed by atoms with van der Waals surface area (Å²) in [6, 6.07) is 12.0. The number of rotatable bonds is 6. The van der Waals surface area contributed by atoms with Crippen LogP contribution < -0.4 is 5.30 Å². The van der Waals surface area contributed by atoms with E-state index in [0.717, 1.165) is 36.2 Å². The summed E-state index contributed by atoms with van der Waals surface area (Å²) >= 11 is 4.53. The van der Waals surface area contributed by atoms with E-state index in [9.17, 15) is 9.59 Å². The second-order valence-corrected chi connectivity index (χ2v) is 15.6. The number of carbonyl (C=O) groups excluding carboxylic acids is 2. The van der Waals surface area contributed by atoms with E-state index < -0.39 is 18.2 Å². The summed E-state index contributed by atoms with van der Waals surface area (Å²) in [5.41, 5.74) is 2.59. The highest BCUT2D eigenvalue weighted by molar-refractivity contribution is 8.02. The molecule has 4 aromatic rings. The van der Waals surface area contributed by atoms with Crippen molar-refractivity contribution >= 4 is 57.5 Å². The van der Waals surface area contributed by atoms with E-state index in [2.05, 4.69) is 26.0 Å². The number of carbonyl (C=O) groups is 2. The first-order valence-electron chi connectivity index (χ1n) is 12.2. The van der Waals surface area contributed by atoms with Crippen molar-refractivity contribution in [2.24, 2.45) is 0 Å². The summed E-state index contributed by atoms with van der Waals surface area (Å²) in [6.07, 6.45) is 0. The van der Waals surface area contributed by atoms with E-state index in [1.807, 2.05) is 62.7 Å². The van der Waals surface area contributed by atoms with Gasteiger partial charge in [-0.15, -0.1) is 34.0 Å². The molecule has 0 atom stereocenters. The molecule has 0 aliphatic carbocycles. The van der Waals surface area contributed by atoms with Crippen LogP contribution in [0.1, 0.15) is 96.7 Å². The second kappa shape index (κ2) is 9.33. The van der Waals surface area contributed by atoms with Gasteiger partial charge in [0.2, 0.25) is 18.2 Å². The lowest BCUT2D eigenvalue weighted by Crippen LogP contribution is -2.25. The van der Waals surface area contributed by atoms with Gasteiger partial charge in [-0.1, -0.05) is 65.8 Å². The van der Waals surface area contributed by atoms with Gasteiger partial charge in [-0.2, -0.15) is 0 Å². The zero-order valence-corrected chi connectivity index (χ0v) is 24.6. The van der Waals surface area contributed by atoms with Crippen LogP contribution in [0.2, 0.25) is 0 Å². The van der Waals surface area contributed by atoms with Crippen LogP contribution in [0.4, 0.5) is 0 Å². The minimum atomic E-state index is -4.09. The van der Waals surface area contributed by atoms with Gasteiger partial charge in [-0.05, 0) is 57.3 Å². The van der Waals surface area contributed by atoms with Crippen LogP contribution >= 0.6 is 41.2 Å². The molecule has 1 aromatic carbocycles. The number of fused-ring (bicyclic) bond motifs is 1. The van der Waals surface area contributed by atoms with Gasteiger partial charge in [0.25, 0.3) is 0 Å². The van der Waals surface area contributed by atoms with Crippen molar-refractivity contribution in [3.8, 4) is 19.5 Å². The van der Waals surface area contributed by atoms with Crippen molar-refractivity contribution in [3.63, 3.8) is 0 Å². The Morgan fingerprint density at radius 2 is 1.14 bits per heavy atom. The van der Waals surface area contributed by atoms with Crippen LogP contribution in [-0.4, -0.2) is 11.0 Å². The smallest absolute Gasteiger partial charge is 0.249 e. The van der Waals surface area contributed by atoms with Gasteiger partial charge in [0.1, 0.15) is 0 Å². The molecule has 0 fully saturated rings. The zero-order valence-electron chi connectivity index (χ0n) is 21.2. The molecule has 1 aliphatic rings. The lowest BCUT2D eigenvalue weighted by atomic mass is 9.89. The van der Waals surface area contributed by atoms with Crippen LogP contribution in [0, 0.1) is 0 Å². The summed E-state index contributed by atoms with van der Waals surface area (Å²) in [5.74, 6) is 0.324. The molecule has 3 aromatic heterocycles. The molecule has 4 heterocycles. The molecule has 0 radical (unpaired) electrons. The Labute approximate surface area is 224 Å². The fraction of sp³-hybridized carbons (Fsp3) is 0.310. The van der Waals surface area contributed by atoms with Crippen molar-refractivity contribution in [3.05, 3.63) is 75.0 Å². The summed E-state index contributed by atoms with van der Waals surface area (Å²) in [5, 5.41) is 4.42. The molecule has 36 heavy (non-hydrogen) atoms. The average Bonchev–Trinajstić information content (AvgIpc) is 3.63. The van der Waals surface area contributed by atoms with E-state index in [1.54, 1.807) is 0 Å². The molecule has 0 unspecified atom stereocenters. The Morgan fingerprint density at radius 1 is 0.694 bits per heavy atom. The van der Waals surface area contributed by atoms with Crippen LogP contribution in [0.15, 0.2) is 47.2 Å². The number of benzene rings is 1. The molecule has 0 bridgehead atoms. The quantitative estimate of drug-likeness (QED) is 0.224. The van der Waals surface area contributed by atoms with Crippen LogP contribution in [0.3, 0.4) is 0 Å². The van der Waals surface area contributed by atoms with Crippen LogP contribution in [0.5, 0.6) is 0 Å². The highest BCUT2D eigenvalue weighted by Gasteiger charge is 2.56. The Morgan fingerprint density at radius 3 is 1.47 bits per heavy atom. The Hall–Kier alpha value is -2.11. The average molecular weight is 553 g/mol. The van der Waals surface area contributed by atoms with Gasteiger partial charge in [0.05, 0.1) is 20.9 Å². The first kappa shape index (κ1) is 25.5. The Balaban J connectivity index is 1.84. The predicted molar refractivity (Wildman–Crippen MR) is 156 cm³/mol. The third-order valence-corrected chi connectivity index (χ3v) is 12.8. The molecule has 0 N–H and O–H groups in total. The molecule has 0 amide bonds. The predicted octanol–water partition coefficient (Wildman–Crippen LogP) is 9.56. The van der Waals surface area contributed by atoms with Gasteiger partial charge in [0, 0.05) is 15.1 Å². The zero-order chi connectivity index (χ0) is 25.9. The SMILES string of the molecule is CC(C)c1cc(C(C)C)c(P2(=O)C(=O)c3c(-c4cccs4)sc(-c4cccs4)c3C2=O)c(C(C)C)c1. The first-order valence-corrected chi connectivity index (χ1v) is 16.5.